The van der Waals surface area contributed by atoms with Crippen LogP contribution in [0.3, 0.4) is 0 Å². The standard InChI is InChI=1S/C12H11FN4O/c1-7-11(15-16-14-7)12(18)17-5-4-8-2-3-9(13)6-10(8)17/h2-3,6H,4-5H2,1H3,(H,14,15,16). The number of amides is 1. The van der Waals surface area contributed by atoms with E-state index in [9.17, 15) is 9.18 Å². The summed E-state index contributed by atoms with van der Waals surface area (Å²) in [6.07, 6.45) is 0.734. The van der Waals surface area contributed by atoms with Crippen LogP contribution in [0.2, 0.25) is 0 Å². The molecule has 2 aromatic rings. The first-order valence-electron chi connectivity index (χ1n) is 5.64. The minimum Gasteiger partial charge on any atom is -0.306 e. The van der Waals surface area contributed by atoms with Crippen LogP contribution in [0.15, 0.2) is 18.2 Å². The second-order valence-electron chi connectivity index (χ2n) is 4.24. The first-order chi connectivity index (χ1) is 8.66. The monoisotopic (exact) mass is 246 g/mol. The van der Waals surface area contributed by atoms with Gasteiger partial charge in [0.05, 0.1) is 11.4 Å². The van der Waals surface area contributed by atoms with Gasteiger partial charge in [0, 0.05) is 6.54 Å². The molecule has 92 valence electrons. The predicted molar refractivity (Wildman–Crippen MR) is 62.9 cm³/mol. The van der Waals surface area contributed by atoms with Gasteiger partial charge in [0.1, 0.15) is 5.82 Å². The van der Waals surface area contributed by atoms with Crippen molar-refractivity contribution in [1.82, 2.24) is 15.4 Å². The number of aryl methyl sites for hydroxylation is 1. The van der Waals surface area contributed by atoms with Crippen molar-refractivity contribution >= 4 is 11.6 Å². The lowest BCUT2D eigenvalue weighted by Gasteiger charge is -2.15. The summed E-state index contributed by atoms with van der Waals surface area (Å²) in [7, 11) is 0. The van der Waals surface area contributed by atoms with Crippen LogP contribution in [-0.4, -0.2) is 27.9 Å². The van der Waals surface area contributed by atoms with Crippen LogP contribution in [0, 0.1) is 12.7 Å². The first-order valence-corrected chi connectivity index (χ1v) is 5.64. The number of hydrogen-bond donors (Lipinski definition) is 1. The fourth-order valence-electron chi connectivity index (χ4n) is 2.18. The Morgan fingerprint density at radius 1 is 1.44 bits per heavy atom. The number of nitrogens with zero attached hydrogens (tertiary/aromatic N) is 3. The van der Waals surface area contributed by atoms with Crippen molar-refractivity contribution in [3.63, 3.8) is 0 Å². The molecule has 2 heterocycles. The van der Waals surface area contributed by atoms with E-state index in [1.165, 1.54) is 12.1 Å². The zero-order valence-corrected chi connectivity index (χ0v) is 9.77. The second-order valence-corrected chi connectivity index (χ2v) is 4.24. The predicted octanol–water partition coefficient (Wildman–Crippen LogP) is 1.46. The molecule has 1 aliphatic heterocycles. The van der Waals surface area contributed by atoms with E-state index in [0.29, 0.717) is 17.9 Å². The number of aromatic amines is 1. The molecular weight excluding hydrogens is 235 g/mol. The van der Waals surface area contributed by atoms with Gasteiger partial charge in [-0.1, -0.05) is 6.07 Å². The Balaban J connectivity index is 2.00. The number of benzene rings is 1. The van der Waals surface area contributed by atoms with Crippen molar-refractivity contribution in [2.24, 2.45) is 0 Å². The molecule has 0 radical (unpaired) electrons. The summed E-state index contributed by atoms with van der Waals surface area (Å²) in [5.41, 5.74) is 2.44. The number of anilines is 1. The number of fused-ring (bicyclic) bond motifs is 1. The zero-order chi connectivity index (χ0) is 12.7. The van der Waals surface area contributed by atoms with Gasteiger partial charge in [0.15, 0.2) is 5.69 Å². The van der Waals surface area contributed by atoms with E-state index in [2.05, 4.69) is 15.4 Å². The molecule has 6 heteroatoms. The zero-order valence-electron chi connectivity index (χ0n) is 9.77. The number of aromatic nitrogens is 3. The molecule has 18 heavy (non-hydrogen) atoms. The summed E-state index contributed by atoms with van der Waals surface area (Å²) in [5.74, 6) is -0.587. The van der Waals surface area contributed by atoms with E-state index in [4.69, 9.17) is 0 Å². The van der Waals surface area contributed by atoms with Crippen molar-refractivity contribution in [1.29, 1.82) is 0 Å². The highest BCUT2D eigenvalue weighted by Gasteiger charge is 2.28. The van der Waals surface area contributed by atoms with E-state index in [-0.39, 0.29) is 17.4 Å². The van der Waals surface area contributed by atoms with Crippen molar-refractivity contribution in [3.8, 4) is 0 Å². The Hall–Kier alpha value is -2.24. The summed E-state index contributed by atoms with van der Waals surface area (Å²) in [4.78, 5) is 13.8. The molecule has 3 rings (SSSR count). The normalized spacial score (nSPS) is 13.8. The van der Waals surface area contributed by atoms with Gasteiger partial charge in [-0.05, 0) is 31.0 Å². The lowest BCUT2D eigenvalue weighted by molar-refractivity contribution is 0.0984. The molecule has 0 saturated heterocycles. The molecule has 0 atom stereocenters. The van der Waals surface area contributed by atoms with Gasteiger partial charge >= 0.3 is 0 Å². The fourth-order valence-corrected chi connectivity index (χ4v) is 2.18. The van der Waals surface area contributed by atoms with E-state index in [1.54, 1.807) is 17.9 Å². The molecule has 0 spiro atoms. The largest absolute Gasteiger partial charge is 0.306 e. The van der Waals surface area contributed by atoms with Gasteiger partial charge in [0.25, 0.3) is 5.91 Å². The molecule has 1 aromatic heterocycles. The number of rotatable bonds is 1. The van der Waals surface area contributed by atoms with Gasteiger partial charge in [-0.2, -0.15) is 15.4 Å². The molecular formula is C12H11FN4O. The van der Waals surface area contributed by atoms with Crippen LogP contribution in [0.1, 0.15) is 21.7 Å². The summed E-state index contributed by atoms with van der Waals surface area (Å²) in [6, 6.07) is 4.51. The van der Waals surface area contributed by atoms with Crippen LogP contribution in [0.25, 0.3) is 0 Å². The van der Waals surface area contributed by atoms with Crippen LogP contribution >= 0.6 is 0 Å². The minimum absolute atomic E-state index is 0.245. The Bertz CT molecular complexity index is 622. The third-order valence-electron chi connectivity index (χ3n) is 3.11. The number of nitrogens with one attached hydrogen (secondary N) is 1. The Labute approximate surface area is 103 Å². The Morgan fingerprint density at radius 3 is 3.00 bits per heavy atom. The van der Waals surface area contributed by atoms with E-state index >= 15 is 0 Å². The maximum atomic E-state index is 13.2. The Kier molecular flexibility index (Phi) is 2.36. The smallest absolute Gasteiger partial charge is 0.280 e. The average Bonchev–Trinajstić information content (AvgIpc) is 2.94. The first kappa shape index (κ1) is 10.9. The van der Waals surface area contributed by atoms with Gasteiger partial charge in [0.2, 0.25) is 0 Å². The molecule has 0 aliphatic carbocycles. The van der Waals surface area contributed by atoms with Crippen molar-refractivity contribution in [3.05, 3.63) is 41.0 Å². The SMILES string of the molecule is Cc1n[nH]nc1C(=O)N1CCc2ccc(F)cc21. The highest BCUT2D eigenvalue weighted by molar-refractivity contribution is 6.06. The molecule has 0 bridgehead atoms. The van der Waals surface area contributed by atoms with E-state index in [1.807, 2.05) is 0 Å². The summed E-state index contributed by atoms with van der Waals surface area (Å²) < 4.78 is 13.2. The van der Waals surface area contributed by atoms with E-state index in [0.717, 1.165) is 12.0 Å². The minimum atomic E-state index is -0.342. The van der Waals surface area contributed by atoms with Crippen molar-refractivity contribution < 1.29 is 9.18 Å². The summed E-state index contributed by atoms with van der Waals surface area (Å²) >= 11 is 0. The third-order valence-corrected chi connectivity index (χ3v) is 3.11. The number of carbonyl (C=O) groups is 1. The topological polar surface area (TPSA) is 61.9 Å². The summed E-state index contributed by atoms with van der Waals surface area (Å²) in [6.45, 7) is 2.25. The number of H-pyrrole nitrogens is 1. The molecule has 5 nitrogen and oxygen atoms in total. The maximum absolute atomic E-state index is 13.2. The quantitative estimate of drug-likeness (QED) is 0.828. The van der Waals surface area contributed by atoms with Crippen molar-refractivity contribution in [2.75, 3.05) is 11.4 Å². The lowest BCUT2D eigenvalue weighted by Crippen LogP contribution is -2.29. The number of hydrogen-bond acceptors (Lipinski definition) is 3. The molecule has 1 amide bonds. The fraction of sp³-hybridized carbons (Fsp3) is 0.250. The van der Waals surface area contributed by atoms with Gasteiger partial charge in [-0.15, -0.1) is 0 Å². The molecule has 0 saturated carbocycles. The Morgan fingerprint density at radius 2 is 2.28 bits per heavy atom. The van der Waals surface area contributed by atoms with E-state index < -0.39 is 0 Å². The molecule has 1 aliphatic rings. The molecule has 0 fully saturated rings. The second kappa shape index (κ2) is 3.90. The van der Waals surface area contributed by atoms with Crippen LogP contribution in [0.4, 0.5) is 10.1 Å². The lowest BCUT2D eigenvalue weighted by atomic mass is 10.1. The van der Waals surface area contributed by atoms with Crippen molar-refractivity contribution in [2.45, 2.75) is 13.3 Å². The average molecular weight is 246 g/mol. The molecule has 1 aromatic carbocycles. The van der Waals surface area contributed by atoms with Crippen LogP contribution in [0.5, 0.6) is 0 Å². The number of halogens is 1. The van der Waals surface area contributed by atoms with Gasteiger partial charge in [-0.3, -0.25) is 4.79 Å². The highest BCUT2D eigenvalue weighted by atomic mass is 19.1. The number of carbonyl (C=O) groups excluding carboxylic acids is 1. The van der Waals surface area contributed by atoms with Crippen LogP contribution in [-0.2, 0) is 6.42 Å². The third kappa shape index (κ3) is 1.57. The van der Waals surface area contributed by atoms with Crippen LogP contribution < -0.4 is 4.90 Å². The molecule has 0 unspecified atom stereocenters. The van der Waals surface area contributed by atoms with Gasteiger partial charge < -0.3 is 4.90 Å². The highest BCUT2D eigenvalue weighted by Crippen LogP contribution is 2.29. The maximum Gasteiger partial charge on any atom is 0.280 e. The molecule has 1 N–H and O–H groups in total. The summed E-state index contributed by atoms with van der Waals surface area (Å²) in [5, 5.41) is 10.1. The van der Waals surface area contributed by atoms with Gasteiger partial charge in [-0.25, -0.2) is 4.39 Å².